The summed E-state index contributed by atoms with van der Waals surface area (Å²) in [6, 6.07) is 8.04. The smallest absolute Gasteiger partial charge is 0.338 e. The molecule has 1 amide bonds. The van der Waals surface area contributed by atoms with Crippen LogP contribution < -0.4 is 21.3 Å². The van der Waals surface area contributed by atoms with Gasteiger partial charge in [-0.2, -0.15) is 0 Å². The maximum absolute atomic E-state index is 13.0. The second-order valence-corrected chi connectivity index (χ2v) is 6.51. The van der Waals surface area contributed by atoms with Gasteiger partial charge in [-0.1, -0.05) is 6.07 Å². The van der Waals surface area contributed by atoms with Crippen molar-refractivity contribution in [2.24, 2.45) is 7.05 Å². The lowest BCUT2D eigenvalue weighted by molar-refractivity contribution is -0.116. The quantitative estimate of drug-likeness (QED) is 0.616. The molecule has 10 heteroatoms. The van der Waals surface area contributed by atoms with Gasteiger partial charge in [0.1, 0.15) is 17.9 Å². The molecule has 30 heavy (non-hydrogen) atoms. The fourth-order valence-electron chi connectivity index (χ4n) is 3.06. The summed E-state index contributed by atoms with van der Waals surface area (Å²) in [7, 11) is 4.09. The number of carbonyl (C=O) groups is 2. The number of pyridine rings is 1. The lowest BCUT2D eigenvalue weighted by Crippen LogP contribution is -2.42. The number of rotatable bonds is 5. The Morgan fingerprint density at radius 1 is 1.17 bits per heavy atom. The molecule has 2 aromatic heterocycles. The van der Waals surface area contributed by atoms with E-state index in [1.165, 1.54) is 27.3 Å². The average Bonchev–Trinajstić information content (AvgIpc) is 2.74. The van der Waals surface area contributed by atoms with Crippen molar-refractivity contribution < 1.29 is 19.1 Å². The molecule has 0 radical (unpaired) electrons. The summed E-state index contributed by atoms with van der Waals surface area (Å²) >= 11 is 0. The van der Waals surface area contributed by atoms with Gasteiger partial charge >= 0.3 is 11.7 Å². The van der Waals surface area contributed by atoms with Crippen molar-refractivity contribution in [1.82, 2.24) is 14.1 Å². The molecule has 0 saturated heterocycles. The van der Waals surface area contributed by atoms with Crippen LogP contribution in [0.1, 0.15) is 16.1 Å². The normalized spacial score (nSPS) is 10.7. The van der Waals surface area contributed by atoms with Crippen molar-refractivity contribution in [3.63, 3.8) is 0 Å². The van der Waals surface area contributed by atoms with Gasteiger partial charge in [-0.15, -0.1) is 0 Å². The van der Waals surface area contributed by atoms with Crippen LogP contribution in [0.4, 0.5) is 5.69 Å². The number of benzene rings is 1. The molecule has 0 fully saturated rings. The van der Waals surface area contributed by atoms with Crippen LogP contribution in [-0.2, 0) is 23.1 Å². The SMILES string of the molecule is COC(=O)c1cc(C)nc2c1c(=O)n(CC(=O)Nc1cccc(OC)c1)c(=O)n2C. The molecule has 2 heterocycles. The van der Waals surface area contributed by atoms with Crippen LogP contribution in [0.2, 0.25) is 0 Å². The molecular formula is C20H20N4O6. The number of amides is 1. The Balaban J connectivity index is 2.09. The second kappa shape index (κ2) is 8.19. The van der Waals surface area contributed by atoms with Gasteiger partial charge in [-0.25, -0.2) is 14.6 Å². The summed E-state index contributed by atoms with van der Waals surface area (Å²) in [5.41, 5.74) is -0.648. The molecule has 3 aromatic rings. The number of hydrogen-bond donors (Lipinski definition) is 1. The first-order chi connectivity index (χ1) is 14.3. The van der Waals surface area contributed by atoms with Crippen molar-refractivity contribution in [1.29, 1.82) is 0 Å². The van der Waals surface area contributed by atoms with Crippen LogP contribution in [0, 0.1) is 6.92 Å². The minimum absolute atomic E-state index is 0.0254. The van der Waals surface area contributed by atoms with E-state index in [2.05, 4.69) is 10.3 Å². The van der Waals surface area contributed by atoms with E-state index in [0.29, 0.717) is 17.1 Å². The maximum atomic E-state index is 13.0. The number of methoxy groups -OCH3 is 2. The molecule has 0 spiro atoms. The van der Waals surface area contributed by atoms with E-state index >= 15 is 0 Å². The first-order valence-corrected chi connectivity index (χ1v) is 8.90. The van der Waals surface area contributed by atoms with Gasteiger partial charge in [-0.05, 0) is 25.1 Å². The zero-order chi connectivity index (χ0) is 22.0. The third-order valence-corrected chi connectivity index (χ3v) is 4.48. The Hall–Kier alpha value is -3.95. The highest BCUT2D eigenvalue weighted by Gasteiger charge is 2.21. The molecule has 0 atom stereocenters. The molecule has 1 aromatic carbocycles. The molecule has 0 aliphatic heterocycles. The van der Waals surface area contributed by atoms with Crippen molar-refractivity contribution in [3.8, 4) is 5.75 Å². The molecule has 1 N–H and O–H groups in total. The Morgan fingerprint density at radius 3 is 2.57 bits per heavy atom. The van der Waals surface area contributed by atoms with Crippen LogP contribution >= 0.6 is 0 Å². The molecule has 0 aliphatic carbocycles. The highest BCUT2D eigenvalue weighted by Crippen LogP contribution is 2.17. The predicted octanol–water partition coefficient (Wildman–Crippen LogP) is 0.838. The molecule has 156 valence electrons. The number of aryl methyl sites for hydroxylation is 2. The third kappa shape index (κ3) is 3.79. The van der Waals surface area contributed by atoms with E-state index < -0.39 is 29.7 Å². The molecule has 0 unspecified atom stereocenters. The molecular weight excluding hydrogens is 392 g/mol. The predicted molar refractivity (Wildman–Crippen MR) is 109 cm³/mol. The largest absolute Gasteiger partial charge is 0.497 e. The number of nitrogens with zero attached hydrogens (tertiary/aromatic N) is 3. The summed E-state index contributed by atoms with van der Waals surface area (Å²) in [5.74, 6) is -0.800. The van der Waals surface area contributed by atoms with E-state index in [9.17, 15) is 19.2 Å². The number of nitrogens with one attached hydrogen (secondary N) is 1. The summed E-state index contributed by atoms with van der Waals surface area (Å²) in [5, 5.41) is 2.52. The van der Waals surface area contributed by atoms with E-state index in [-0.39, 0.29) is 16.6 Å². The zero-order valence-electron chi connectivity index (χ0n) is 16.9. The Bertz CT molecular complexity index is 1270. The molecule has 0 aliphatic rings. The number of fused-ring (bicyclic) bond motifs is 1. The van der Waals surface area contributed by atoms with Crippen LogP contribution in [-0.4, -0.2) is 40.2 Å². The Kier molecular flexibility index (Phi) is 5.67. The van der Waals surface area contributed by atoms with E-state index in [0.717, 1.165) is 9.13 Å². The number of carbonyl (C=O) groups excluding carboxylic acids is 2. The average molecular weight is 412 g/mol. The first-order valence-electron chi connectivity index (χ1n) is 8.90. The third-order valence-electron chi connectivity index (χ3n) is 4.48. The Labute approximate surface area is 170 Å². The highest BCUT2D eigenvalue weighted by atomic mass is 16.5. The zero-order valence-corrected chi connectivity index (χ0v) is 16.9. The highest BCUT2D eigenvalue weighted by molar-refractivity contribution is 6.02. The van der Waals surface area contributed by atoms with Gasteiger partial charge in [0.05, 0.1) is 25.2 Å². The first kappa shape index (κ1) is 20.8. The lowest BCUT2D eigenvalue weighted by atomic mass is 10.1. The topological polar surface area (TPSA) is 122 Å². The van der Waals surface area contributed by atoms with E-state index in [1.807, 2.05) is 0 Å². The van der Waals surface area contributed by atoms with Crippen molar-refractivity contribution >= 4 is 28.6 Å². The molecule has 0 bridgehead atoms. The van der Waals surface area contributed by atoms with Crippen LogP contribution in [0.15, 0.2) is 39.9 Å². The number of anilines is 1. The summed E-state index contributed by atoms with van der Waals surface area (Å²) in [6.45, 7) is 1.08. The summed E-state index contributed by atoms with van der Waals surface area (Å²) < 4.78 is 11.7. The van der Waals surface area contributed by atoms with Gasteiger partial charge in [-0.3, -0.25) is 18.7 Å². The minimum Gasteiger partial charge on any atom is -0.497 e. The monoisotopic (exact) mass is 412 g/mol. The van der Waals surface area contributed by atoms with Gasteiger partial charge in [0.25, 0.3) is 5.56 Å². The maximum Gasteiger partial charge on any atom is 0.338 e. The fraction of sp³-hybridized carbons (Fsp3) is 0.250. The van der Waals surface area contributed by atoms with Crippen molar-refractivity contribution in [3.05, 3.63) is 62.4 Å². The van der Waals surface area contributed by atoms with E-state index in [1.54, 1.807) is 31.2 Å². The molecule has 10 nitrogen and oxygen atoms in total. The molecule has 0 saturated carbocycles. The van der Waals surface area contributed by atoms with Crippen molar-refractivity contribution in [2.75, 3.05) is 19.5 Å². The van der Waals surface area contributed by atoms with Gasteiger partial charge in [0, 0.05) is 24.5 Å². The number of hydrogen-bond acceptors (Lipinski definition) is 7. The van der Waals surface area contributed by atoms with Gasteiger partial charge < -0.3 is 14.8 Å². The summed E-state index contributed by atoms with van der Waals surface area (Å²) in [6.07, 6.45) is 0. The summed E-state index contributed by atoms with van der Waals surface area (Å²) in [4.78, 5) is 54.7. The van der Waals surface area contributed by atoms with Gasteiger partial charge in [0.15, 0.2) is 0 Å². The van der Waals surface area contributed by atoms with Crippen molar-refractivity contribution in [2.45, 2.75) is 13.5 Å². The lowest BCUT2D eigenvalue weighted by Gasteiger charge is -2.13. The number of ether oxygens (including phenoxy) is 2. The Morgan fingerprint density at radius 2 is 1.90 bits per heavy atom. The van der Waals surface area contributed by atoms with Gasteiger partial charge in [0.2, 0.25) is 5.91 Å². The fourth-order valence-corrected chi connectivity index (χ4v) is 3.06. The number of esters is 1. The standard InChI is InChI=1S/C20H20N4O6/c1-11-8-14(19(27)30-4)16-17(21-11)23(2)20(28)24(18(16)26)10-15(25)22-12-6-5-7-13(9-12)29-3/h5-9H,10H2,1-4H3,(H,22,25). The van der Waals surface area contributed by atoms with Crippen LogP contribution in [0.3, 0.4) is 0 Å². The minimum atomic E-state index is -0.804. The second-order valence-electron chi connectivity index (χ2n) is 6.51. The molecule has 3 rings (SSSR count). The number of aromatic nitrogens is 3. The van der Waals surface area contributed by atoms with Crippen LogP contribution in [0.5, 0.6) is 5.75 Å². The van der Waals surface area contributed by atoms with E-state index in [4.69, 9.17) is 9.47 Å². The van der Waals surface area contributed by atoms with Crippen LogP contribution in [0.25, 0.3) is 11.0 Å².